The van der Waals surface area contributed by atoms with Gasteiger partial charge in [0, 0.05) is 24.5 Å². The lowest BCUT2D eigenvalue weighted by atomic mass is 10.1. The molecule has 30 heavy (non-hydrogen) atoms. The van der Waals surface area contributed by atoms with Crippen LogP contribution in [0.3, 0.4) is 0 Å². The van der Waals surface area contributed by atoms with Gasteiger partial charge in [0.25, 0.3) is 0 Å². The fourth-order valence-corrected chi connectivity index (χ4v) is 4.21. The largest absolute Gasteiger partial charge is 0.321 e. The number of anilines is 2. The topological polar surface area (TPSA) is 31.2 Å². The highest BCUT2D eigenvalue weighted by molar-refractivity contribution is 6.50. The third-order valence-electron chi connectivity index (χ3n) is 6.19. The van der Waals surface area contributed by atoms with Gasteiger partial charge in [0.15, 0.2) is 11.7 Å². The normalized spacial score (nSPS) is 21.6. The number of amidine groups is 2. The van der Waals surface area contributed by atoms with Crippen molar-refractivity contribution in [1.29, 1.82) is 0 Å². The second-order valence-corrected chi connectivity index (χ2v) is 9.43. The number of hydrogen-bond acceptors (Lipinski definition) is 4. The molecule has 0 unspecified atom stereocenters. The number of nitrogens with zero attached hydrogens (tertiary/aromatic N) is 4. The molecule has 0 spiro atoms. The molecule has 0 aromatic heterocycles. The Balaban J connectivity index is 1.79. The van der Waals surface area contributed by atoms with Crippen LogP contribution in [0.1, 0.15) is 38.8 Å². The molecule has 2 aromatic carbocycles. The van der Waals surface area contributed by atoms with Gasteiger partial charge in [-0.1, -0.05) is 52.0 Å². The fraction of sp³-hybridized carbons (Fsp3) is 0.462. The van der Waals surface area contributed by atoms with Gasteiger partial charge in [-0.2, -0.15) is 0 Å². The van der Waals surface area contributed by atoms with Gasteiger partial charge in [-0.05, 0) is 61.1 Å². The molecule has 0 saturated heterocycles. The van der Waals surface area contributed by atoms with E-state index >= 15 is 0 Å². The van der Waals surface area contributed by atoms with Crippen LogP contribution in [0.4, 0.5) is 11.4 Å². The van der Waals surface area contributed by atoms with E-state index in [1.54, 1.807) is 0 Å². The summed E-state index contributed by atoms with van der Waals surface area (Å²) >= 11 is 0. The Hall–Kier alpha value is -2.62. The van der Waals surface area contributed by atoms with Crippen molar-refractivity contribution in [3.63, 3.8) is 0 Å². The molecule has 4 nitrogen and oxygen atoms in total. The van der Waals surface area contributed by atoms with Crippen molar-refractivity contribution in [2.24, 2.45) is 21.8 Å². The van der Waals surface area contributed by atoms with Crippen LogP contribution in [-0.2, 0) is 0 Å². The van der Waals surface area contributed by atoms with Crippen LogP contribution in [0, 0.1) is 25.7 Å². The SMILES string of the molecule is Cc1cccc(N2C[C@H](C(C)C)N=C2C2=N[C@@H](C(C)C)CN2c2cccc(C)c2)c1. The summed E-state index contributed by atoms with van der Waals surface area (Å²) in [4.78, 5) is 15.2. The van der Waals surface area contributed by atoms with E-state index in [-0.39, 0.29) is 12.1 Å². The van der Waals surface area contributed by atoms with E-state index in [9.17, 15) is 0 Å². The van der Waals surface area contributed by atoms with E-state index in [2.05, 4.69) is 99.9 Å². The molecule has 2 aromatic rings. The molecule has 0 bridgehead atoms. The number of benzene rings is 2. The third kappa shape index (κ3) is 4.00. The molecule has 0 saturated carbocycles. The Bertz CT molecular complexity index is 893. The van der Waals surface area contributed by atoms with Crippen molar-refractivity contribution in [1.82, 2.24) is 0 Å². The molecule has 0 aliphatic carbocycles. The van der Waals surface area contributed by atoms with E-state index in [1.165, 1.54) is 22.5 Å². The van der Waals surface area contributed by atoms with Gasteiger partial charge in [0.2, 0.25) is 0 Å². The predicted molar refractivity (Wildman–Crippen MR) is 129 cm³/mol. The Labute approximate surface area is 181 Å². The van der Waals surface area contributed by atoms with Crippen molar-refractivity contribution >= 4 is 23.0 Å². The van der Waals surface area contributed by atoms with Gasteiger partial charge in [-0.25, -0.2) is 0 Å². The number of aliphatic imine (C=N–C) groups is 2. The van der Waals surface area contributed by atoms with Crippen LogP contribution < -0.4 is 9.80 Å². The highest BCUT2D eigenvalue weighted by Crippen LogP contribution is 2.30. The summed E-state index contributed by atoms with van der Waals surface area (Å²) in [5.74, 6) is 3.02. The molecule has 2 heterocycles. The molecule has 4 heteroatoms. The lowest BCUT2D eigenvalue weighted by Gasteiger charge is -2.27. The minimum Gasteiger partial charge on any atom is -0.321 e. The zero-order chi connectivity index (χ0) is 21.4. The second-order valence-electron chi connectivity index (χ2n) is 9.43. The van der Waals surface area contributed by atoms with E-state index in [0.29, 0.717) is 11.8 Å². The third-order valence-corrected chi connectivity index (χ3v) is 6.19. The van der Waals surface area contributed by atoms with Crippen molar-refractivity contribution in [3.8, 4) is 0 Å². The molecule has 0 radical (unpaired) electrons. The minimum absolute atomic E-state index is 0.278. The highest BCUT2D eigenvalue weighted by atomic mass is 15.4. The maximum absolute atomic E-state index is 5.22. The first-order valence-corrected chi connectivity index (χ1v) is 11.2. The van der Waals surface area contributed by atoms with Crippen LogP contribution in [-0.4, -0.2) is 36.8 Å². The predicted octanol–water partition coefficient (Wildman–Crippen LogP) is 5.49. The van der Waals surface area contributed by atoms with E-state index < -0.39 is 0 Å². The van der Waals surface area contributed by atoms with Gasteiger partial charge >= 0.3 is 0 Å². The molecule has 158 valence electrons. The summed E-state index contributed by atoms with van der Waals surface area (Å²) < 4.78 is 0. The Kier molecular flexibility index (Phi) is 5.68. The summed E-state index contributed by atoms with van der Waals surface area (Å²) in [6.45, 7) is 15.2. The molecule has 2 aliphatic heterocycles. The monoisotopic (exact) mass is 402 g/mol. The Morgan fingerprint density at radius 1 is 0.700 bits per heavy atom. The van der Waals surface area contributed by atoms with Crippen molar-refractivity contribution < 1.29 is 0 Å². The van der Waals surface area contributed by atoms with E-state index in [1.807, 2.05) is 0 Å². The lowest BCUT2D eigenvalue weighted by Crippen LogP contribution is -2.42. The Morgan fingerprint density at radius 3 is 1.43 bits per heavy atom. The van der Waals surface area contributed by atoms with Crippen LogP contribution in [0.2, 0.25) is 0 Å². The molecular formula is C26H34N4. The quantitative estimate of drug-likeness (QED) is 0.662. The zero-order valence-corrected chi connectivity index (χ0v) is 19.1. The number of aryl methyl sites for hydroxylation is 2. The summed E-state index contributed by atoms with van der Waals surface area (Å²) in [5.41, 5.74) is 4.95. The number of rotatable bonds is 5. The minimum atomic E-state index is 0.278. The van der Waals surface area contributed by atoms with E-state index in [4.69, 9.17) is 9.98 Å². The van der Waals surface area contributed by atoms with Gasteiger partial charge in [-0.15, -0.1) is 0 Å². The average Bonchev–Trinajstić information content (AvgIpc) is 3.33. The van der Waals surface area contributed by atoms with E-state index in [0.717, 1.165) is 24.8 Å². The van der Waals surface area contributed by atoms with Crippen molar-refractivity contribution in [3.05, 3.63) is 59.7 Å². The molecule has 2 atom stereocenters. The maximum atomic E-state index is 5.22. The summed E-state index contributed by atoms with van der Waals surface area (Å²) in [5, 5.41) is 0. The van der Waals surface area contributed by atoms with Crippen LogP contribution in [0.25, 0.3) is 0 Å². The maximum Gasteiger partial charge on any atom is 0.172 e. The standard InChI is InChI=1S/C26H34N4/c1-17(2)23-15-29(21-11-7-9-19(5)13-21)25(27-23)26-28-24(18(3)4)16-30(26)22-12-8-10-20(6)14-22/h7-14,17-18,23-24H,15-16H2,1-6H3/t23-,24-/m1/s1. The molecule has 2 aliphatic rings. The second kappa shape index (κ2) is 8.25. The van der Waals surface area contributed by atoms with Crippen LogP contribution in [0.15, 0.2) is 58.5 Å². The van der Waals surface area contributed by atoms with Crippen LogP contribution >= 0.6 is 0 Å². The first-order valence-electron chi connectivity index (χ1n) is 11.2. The summed E-state index contributed by atoms with van der Waals surface area (Å²) in [6, 6.07) is 18.0. The summed E-state index contributed by atoms with van der Waals surface area (Å²) in [6.07, 6.45) is 0. The molecule has 0 fully saturated rings. The smallest absolute Gasteiger partial charge is 0.172 e. The molecule has 0 amide bonds. The lowest BCUT2D eigenvalue weighted by molar-refractivity contribution is 0.521. The fourth-order valence-electron chi connectivity index (χ4n) is 4.21. The first-order chi connectivity index (χ1) is 14.3. The molecule has 4 rings (SSSR count). The Morgan fingerprint density at radius 2 is 1.10 bits per heavy atom. The zero-order valence-electron chi connectivity index (χ0n) is 19.1. The van der Waals surface area contributed by atoms with Gasteiger partial charge in [-0.3, -0.25) is 9.98 Å². The van der Waals surface area contributed by atoms with Gasteiger partial charge in [0.1, 0.15) is 0 Å². The first kappa shape index (κ1) is 20.6. The average molecular weight is 403 g/mol. The molecular weight excluding hydrogens is 368 g/mol. The van der Waals surface area contributed by atoms with Crippen LogP contribution in [0.5, 0.6) is 0 Å². The van der Waals surface area contributed by atoms with Crippen molar-refractivity contribution in [2.75, 3.05) is 22.9 Å². The molecule has 0 N–H and O–H groups in total. The summed E-state index contributed by atoms with van der Waals surface area (Å²) in [7, 11) is 0. The van der Waals surface area contributed by atoms with Crippen molar-refractivity contribution in [2.45, 2.75) is 53.6 Å². The number of hydrogen-bond donors (Lipinski definition) is 0. The van der Waals surface area contributed by atoms with Gasteiger partial charge in [0.05, 0.1) is 12.1 Å². The van der Waals surface area contributed by atoms with Gasteiger partial charge < -0.3 is 9.80 Å². The highest BCUT2D eigenvalue weighted by Gasteiger charge is 2.38.